The lowest BCUT2D eigenvalue weighted by atomic mass is 9.68. The molecule has 0 aromatic heterocycles. The third-order valence-electron chi connectivity index (χ3n) is 6.08. The standard InChI is InChI=1S/C20H27F3O.2CH4.2H2/c1-14-2-4-15(5-3-14)16-6-8-17(9-7-16)18-10-12-19(13-11-18)24-20(21,22)23;;;;/h10-17H,2-9H2,1H3;2*1H4;2*1H. The van der Waals surface area contributed by atoms with E-state index < -0.39 is 6.36 Å². The molecule has 2 saturated carbocycles. The van der Waals surface area contributed by atoms with Crippen LogP contribution in [0.15, 0.2) is 24.3 Å². The van der Waals surface area contributed by atoms with Crippen molar-refractivity contribution in [1.82, 2.24) is 0 Å². The van der Waals surface area contributed by atoms with Crippen LogP contribution in [-0.4, -0.2) is 6.36 Å². The first-order valence-corrected chi connectivity index (χ1v) is 9.26. The van der Waals surface area contributed by atoms with Crippen molar-refractivity contribution in [3.63, 3.8) is 0 Å². The summed E-state index contributed by atoms with van der Waals surface area (Å²) in [5.74, 6) is 3.03. The van der Waals surface area contributed by atoms with Gasteiger partial charge in [0.05, 0.1) is 0 Å². The van der Waals surface area contributed by atoms with Crippen molar-refractivity contribution in [1.29, 1.82) is 0 Å². The van der Waals surface area contributed by atoms with Crippen LogP contribution in [0.25, 0.3) is 0 Å². The van der Waals surface area contributed by atoms with Crippen LogP contribution in [0.5, 0.6) is 5.75 Å². The van der Waals surface area contributed by atoms with E-state index in [1.54, 1.807) is 12.1 Å². The third kappa shape index (κ3) is 6.21. The maximum Gasteiger partial charge on any atom is 0.573 e. The Bertz CT molecular complexity index is 518. The van der Waals surface area contributed by atoms with Crippen molar-refractivity contribution in [2.45, 2.75) is 85.4 Å². The Balaban J connectivity index is 0. The molecule has 0 atom stereocenters. The summed E-state index contributed by atoms with van der Waals surface area (Å²) in [6, 6.07) is 6.48. The van der Waals surface area contributed by atoms with Crippen LogP contribution in [0.3, 0.4) is 0 Å². The summed E-state index contributed by atoms with van der Waals surface area (Å²) in [7, 11) is 0. The van der Waals surface area contributed by atoms with Gasteiger partial charge >= 0.3 is 6.36 Å². The normalized spacial score (nSPS) is 29.2. The van der Waals surface area contributed by atoms with Crippen LogP contribution in [0.1, 0.15) is 87.5 Å². The average molecular weight is 377 g/mol. The predicted molar refractivity (Wildman–Crippen MR) is 107 cm³/mol. The van der Waals surface area contributed by atoms with Crippen LogP contribution < -0.4 is 4.74 Å². The summed E-state index contributed by atoms with van der Waals surface area (Å²) in [5.41, 5.74) is 1.15. The van der Waals surface area contributed by atoms with E-state index in [1.807, 2.05) is 0 Å². The molecule has 1 aromatic rings. The van der Waals surface area contributed by atoms with Gasteiger partial charge < -0.3 is 4.74 Å². The second kappa shape index (κ2) is 9.66. The number of benzene rings is 1. The molecule has 1 nitrogen and oxygen atoms in total. The highest BCUT2D eigenvalue weighted by atomic mass is 19.4. The first-order valence-electron chi connectivity index (χ1n) is 9.26. The first kappa shape index (κ1) is 22.9. The molecule has 0 N–H and O–H groups in total. The zero-order valence-corrected chi connectivity index (χ0v) is 14.3. The zero-order valence-electron chi connectivity index (χ0n) is 14.3. The minimum atomic E-state index is -4.61. The van der Waals surface area contributed by atoms with Gasteiger partial charge in [0.2, 0.25) is 0 Å². The Labute approximate surface area is 160 Å². The van der Waals surface area contributed by atoms with E-state index in [9.17, 15) is 13.2 Å². The molecular formula is C22H39F3O. The van der Waals surface area contributed by atoms with Gasteiger partial charge in [-0.2, -0.15) is 0 Å². The highest BCUT2D eigenvalue weighted by Gasteiger charge is 2.32. The lowest BCUT2D eigenvalue weighted by molar-refractivity contribution is -0.274. The molecule has 2 aliphatic carbocycles. The monoisotopic (exact) mass is 376 g/mol. The summed E-state index contributed by atoms with van der Waals surface area (Å²) in [6.45, 7) is 2.36. The van der Waals surface area contributed by atoms with Crippen molar-refractivity contribution in [2.24, 2.45) is 17.8 Å². The molecular weight excluding hydrogens is 337 g/mol. The molecule has 0 spiro atoms. The van der Waals surface area contributed by atoms with Crippen LogP contribution in [-0.2, 0) is 0 Å². The van der Waals surface area contributed by atoms with Gasteiger partial charge in [-0.25, -0.2) is 0 Å². The van der Waals surface area contributed by atoms with Crippen molar-refractivity contribution >= 4 is 0 Å². The van der Waals surface area contributed by atoms with Gasteiger partial charge in [-0.05, 0) is 79.9 Å². The lowest BCUT2D eigenvalue weighted by Gasteiger charge is -2.37. The summed E-state index contributed by atoms with van der Waals surface area (Å²) in [6.07, 6.45) is 5.79. The molecule has 2 fully saturated rings. The average Bonchev–Trinajstić information content (AvgIpc) is 2.55. The molecule has 0 heterocycles. The van der Waals surface area contributed by atoms with E-state index in [0.29, 0.717) is 5.92 Å². The molecule has 0 radical (unpaired) electrons. The SMILES string of the molecule is C.C.CC1CCC(C2CCC(c3ccc(OC(F)(F)F)cc3)CC2)CC1.[HH].[HH]. The Kier molecular flexibility index (Phi) is 8.49. The summed E-state index contributed by atoms with van der Waals surface area (Å²) < 4.78 is 40.6. The molecule has 154 valence electrons. The van der Waals surface area contributed by atoms with Crippen LogP contribution in [0.2, 0.25) is 0 Å². The molecule has 2 aliphatic rings. The molecule has 1 aromatic carbocycles. The van der Waals surface area contributed by atoms with Crippen LogP contribution in [0.4, 0.5) is 13.2 Å². The molecule has 0 bridgehead atoms. The Hall–Kier alpha value is -1.19. The highest BCUT2D eigenvalue weighted by Crippen LogP contribution is 2.44. The van der Waals surface area contributed by atoms with Gasteiger partial charge in [-0.1, -0.05) is 46.8 Å². The fourth-order valence-corrected chi connectivity index (χ4v) is 4.62. The minimum Gasteiger partial charge on any atom is -0.406 e. The first-order chi connectivity index (χ1) is 11.4. The third-order valence-corrected chi connectivity index (χ3v) is 6.08. The van der Waals surface area contributed by atoms with E-state index in [4.69, 9.17) is 0 Å². The maximum absolute atomic E-state index is 12.2. The minimum absolute atomic E-state index is 0. The largest absolute Gasteiger partial charge is 0.573 e. The molecule has 0 saturated heterocycles. The number of ether oxygens (including phenoxy) is 1. The van der Waals surface area contributed by atoms with Gasteiger partial charge in [0.1, 0.15) is 5.75 Å². The fourth-order valence-electron chi connectivity index (χ4n) is 4.62. The summed E-state index contributed by atoms with van der Waals surface area (Å²) in [5, 5.41) is 0. The second-order valence-electron chi connectivity index (χ2n) is 7.75. The topological polar surface area (TPSA) is 9.23 Å². The van der Waals surface area contributed by atoms with E-state index in [2.05, 4.69) is 11.7 Å². The highest BCUT2D eigenvalue weighted by molar-refractivity contribution is 5.29. The van der Waals surface area contributed by atoms with Crippen LogP contribution in [0, 0.1) is 17.8 Å². The Morgan fingerprint density at radius 1 is 0.808 bits per heavy atom. The summed E-state index contributed by atoms with van der Waals surface area (Å²) in [4.78, 5) is 0. The van der Waals surface area contributed by atoms with E-state index in [-0.39, 0.29) is 23.5 Å². The van der Waals surface area contributed by atoms with E-state index >= 15 is 0 Å². The number of halogens is 3. The molecule has 0 unspecified atom stereocenters. The van der Waals surface area contributed by atoms with Gasteiger partial charge in [-0.3, -0.25) is 0 Å². The number of rotatable bonds is 3. The number of alkyl halides is 3. The second-order valence-corrected chi connectivity index (χ2v) is 7.75. The zero-order chi connectivity index (χ0) is 17.2. The Morgan fingerprint density at radius 2 is 1.27 bits per heavy atom. The molecule has 26 heavy (non-hydrogen) atoms. The molecule has 0 amide bonds. The smallest absolute Gasteiger partial charge is 0.406 e. The van der Waals surface area contributed by atoms with Gasteiger partial charge in [0, 0.05) is 2.85 Å². The van der Waals surface area contributed by atoms with Crippen molar-refractivity contribution < 1.29 is 20.8 Å². The van der Waals surface area contributed by atoms with Gasteiger partial charge in [-0.15, -0.1) is 13.2 Å². The molecule has 3 rings (SSSR count). The molecule has 0 aliphatic heterocycles. The summed E-state index contributed by atoms with van der Waals surface area (Å²) >= 11 is 0. The van der Waals surface area contributed by atoms with Crippen molar-refractivity contribution in [2.75, 3.05) is 0 Å². The van der Waals surface area contributed by atoms with Crippen molar-refractivity contribution in [3.8, 4) is 5.75 Å². The van der Waals surface area contributed by atoms with Gasteiger partial charge in [0.15, 0.2) is 0 Å². The lowest BCUT2D eigenvalue weighted by Crippen LogP contribution is -2.24. The van der Waals surface area contributed by atoms with Crippen molar-refractivity contribution in [3.05, 3.63) is 29.8 Å². The number of hydrogen-bond donors (Lipinski definition) is 0. The number of hydrogen-bond acceptors (Lipinski definition) is 1. The van der Waals surface area contributed by atoms with Gasteiger partial charge in [0.25, 0.3) is 0 Å². The maximum atomic E-state index is 12.2. The van der Waals surface area contributed by atoms with E-state index in [0.717, 1.165) is 36.2 Å². The molecule has 4 heteroatoms. The fraction of sp³-hybridized carbons (Fsp3) is 0.727. The van der Waals surface area contributed by atoms with E-state index in [1.165, 1.54) is 50.7 Å². The Morgan fingerprint density at radius 3 is 1.73 bits per heavy atom. The van der Waals surface area contributed by atoms with Crippen LogP contribution >= 0.6 is 0 Å². The predicted octanol–water partition coefficient (Wildman–Crippen LogP) is 8.45. The quantitative estimate of drug-likeness (QED) is 0.514.